The van der Waals surface area contributed by atoms with Crippen LogP contribution in [0.5, 0.6) is 0 Å². The number of nitrogens with zero attached hydrogens (tertiary/aromatic N) is 1. The Kier molecular flexibility index (Phi) is 7.93. The number of morpholine rings is 1. The van der Waals surface area contributed by atoms with E-state index in [2.05, 4.69) is 5.32 Å². The fraction of sp³-hybridized carbons (Fsp3) is 0.833. The summed E-state index contributed by atoms with van der Waals surface area (Å²) in [6.07, 6.45) is -0.533. The van der Waals surface area contributed by atoms with Gasteiger partial charge in [0.15, 0.2) is 0 Å². The number of hydrogen-bond donors (Lipinski definition) is 2. The number of carboxylic acid groups (broad SMARTS) is 1. The Morgan fingerprint density at radius 3 is 2.90 bits per heavy atom. The first-order valence-corrected chi connectivity index (χ1v) is 6.56. The average molecular weight is 290 g/mol. The van der Waals surface area contributed by atoms with E-state index in [1.54, 1.807) is 12.0 Å². The van der Waals surface area contributed by atoms with E-state index in [1.807, 2.05) is 0 Å². The lowest BCUT2D eigenvalue weighted by Gasteiger charge is -2.32. The van der Waals surface area contributed by atoms with E-state index in [0.29, 0.717) is 46.1 Å². The molecule has 1 aliphatic heterocycles. The minimum atomic E-state index is -0.927. The summed E-state index contributed by atoms with van der Waals surface area (Å²) in [7, 11) is 1.59. The van der Waals surface area contributed by atoms with Crippen LogP contribution in [0.4, 0.5) is 4.79 Å². The van der Waals surface area contributed by atoms with E-state index >= 15 is 0 Å². The van der Waals surface area contributed by atoms with Gasteiger partial charge in [-0.15, -0.1) is 0 Å². The summed E-state index contributed by atoms with van der Waals surface area (Å²) in [6, 6.07) is -0.223. The number of methoxy groups -OCH3 is 1. The van der Waals surface area contributed by atoms with Crippen LogP contribution in [0.15, 0.2) is 0 Å². The van der Waals surface area contributed by atoms with E-state index in [-0.39, 0.29) is 12.5 Å². The zero-order valence-electron chi connectivity index (χ0n) is 11.7. The lowest BCUT2D eigenvalue weighted by atomic mass is 10.2. The molecule has 1 aliphatic rings. The van der Waals surface area contributed by atoms with Crippen molar-refractivity contribution in [1.82, 2.24) is 10.2 Å². The van der Waals surface area contributed by atoms with E-state index in [4.69, 9.17) is 19.3 Å². The monoisotopic (exact) mass is 290 g/mol. The fourth-order valence-electron chi connectivity index (χ4n) is 1.81. The number of amides is 2. The summed E-state index contributed by atoms with van der Waals surface area (Å²) in [4.78, 5) is 24.0. The van der Waals surface area contributed by atoms with Crippen LogP contribution in [0.1, 0.15) is 6.42 Å². The van der Waals surface area contributed by atoms with Crippen molar-refractivity contribution in [2.45, 2.75) is 12.5 Å². The Labute approximate surface area is 118 Å². The van der Waals surface area contributed by atoms with Crippen molar-refractivity contribution in [2.75, 3.05) is 53.2 Å². The number of urea groups is 1. The van der Waals surface area contributed by atoms with Crippen LogP contribution < -0.4 is 5.32 Å². The maximum atomic E-state index is 11.8. The molecular weight excluding hydrogens is 268 g/mol. The Morgan fingerprint density at radius 1 is 1.40 bits per heavy atom. The van der Waals surface area contributed by atoms with Crippen LogP contribution in [0, 0.1) is 0 Å². The third kappa shape index (κ3) is 6.69. The topological polar surface area (TPSA) is 97.3 Å². The normalized spacial score (nSPS) is 18.9. The number of nitrogens with one attached hydrogen (secondary N) is 1. The second-order valence-electron chi connectivity index (χ2n) is 4.37. The van der Waals surface area contributed by atoms with Gasteiger partial charge in [0.25, 0.3) is 0 Å². The molecule has 0 aliphatic carbocycles. The maximum Gasteiger partial charge on any atom is 0.317 e. The molecule has 0 aromatic heterocycles. The quantitative estimate of drug-likeness (QED) is 0.587. The standard InChI is InChI=1S/C12H22N2O6/c1-18-6-7-19-4-2-13-12(17)14-3-5-20-10(9-14)8-11(15)16/h10H,2-9H2,1H3,(H,13,17)(H,15,16). The predicted octanol–water partition coefficient (Wildman–Crippen LogP) is -0.465. The molecule has 0 radical (unpaired) electrons. The van der Waals surface area contributed by atoms with E-state index in [0.717, 1.165) is 0 Å². The average Bonchev–Trinajstić information content (AvgIpc) is 2.42. The molecule has 1 saturated heterocycles. The van der Waals surface area contributed by atoms with Gasteiger partial charge in [0.2, 0.25) is 0 Å². The Morgan fingerprint density at radius 2 is 2.20 bits per heavy atom. The molecule has 20 heavy (non-hydrogen) atoms. The zero-order chi connectivity index (χ0) is 14.8. The fourth-order valence-corrected chi connectivity index (χ4v) is 1.81. The van der Waals surface area contributed by atoms with Gasteiger partial charge in [-0.25, -0.2) is 4.79 Å². The van der Waals surface area contributed by atoms with Gasteiger partial charge in [-0.05, 0) is 0 Å². The number of hydrogen-bond acceptors (Lipinski definition) is 5. The molecule has 1 heterocycles. The molecule has 116 valence electrons. The molecule has 0 aromatic carbocycles. The van der Waals surface area contributed by atoms with Gasteiger partial charge in [0.1, 0.15) is 0 Å². The number of carbonyl (C=O) groups is 2. The third-order valence-corrected chi connectivity index (χ3v) is 2.78. The molecule has 0 spiro atoms. The lowest BCUT2D eigenvalue weighted by molar-refractivity contribution is -0.141. The molecule has 8 heteroatoms. The highest BCUT2D eigenvalue weighted by Crippen LogP contribution is 2.08. The lowest BCUT2D eigenvalue weighted by Crippen LogP contribution is -2.50. The van der Waals surface area contributed by atoms with Gasteiger partial charge in [-0.1, -0.05) is 0 Å². The smallest absolute Gasteiger partial charge is 0.317 e. The van der Waals surface area contributed by atoms with Crippen LogP contribution in [0.25, 0.3) is 0 Å². The molecule has 8 nitrogen and oxygen atoms in total. The zero-order valence-corrected chi connectivity index (χ0v) is 11.7. The molecule has 1 atom stereocenters. The van der Waals surface area contributed by atoms with Crippen molar-refractivity contribution < 1.29 is 28.9 Å². The van der Waals surface area contributed by atoms with Crippen molar-refractivity contribution in [2.24, 2.45) is 0 Å². The summed E-state index contributed by atoms with van der Waals surface area (Å²) in [6.45, 7) is 2.95. The number of ether oxygens (including phenoxy) is 3. The molecular formula is C12H22N2O6. The summed E-state index contributed by atoms with van der Waals surface area (Å²) in [5.41, 5.74) is 0. The Balaban J connectivity index is 2.17. The summed E-state index contributed by atoms with van der Waals surface area (Å²) < 4.78 is 15.3. The highest BCUT2D eigenvalue weighted by atomic mass is 16.5. The van der Waals surface area contributed by atoms with Gasteiger partial charge in [-0.2, -0.15) is 0 Å². The summed E-state index contributed by atoms with van der Waals surface area (Å²) in [5.74, 6) is -0.927. The second-order valence-corrected chi connectivity index (χ2v) is 4.37. The summed E-state index contributed by atoms with van der Waals surface area (Å²) in [5, 5.41) is 11.4. The van der Waals surface area contributed by atoms with Crippen molar-refractivity contribution in [3.63, 3.8) is 0 Å². The molecule has 2 amide bonds. The minimum Gasteiger partial charge on any atom is -0.481 e. The van der Waals surface area contributed by atoms with Crippen LogP contribution in [0.3, 0.4) is 0 Å². The van der Waals surface area contributed by atoms with E-state index in [1.165, 1.54) is 0 Å². The largest absolute Gasteiger partial charge is 0.481 e. The number of aliphatic carboxylic acids is 1. The van der Waals surface area contributed by atoms with Crippen molar-refractivity contribution in [1.29, 1.82) is 0 Å². The highest BCUT2D eigenvalue weighted by molar-refractivity contribution is 5.74. The van der Waals surface area contributed by atoms with E-state index in [9.17, 15) is 9.59 Å². The number of rotatable bonds is 8. The molecule has 0 saturated carbocycles. The highest BCUT2D eigenvalue weighted by Gasteiger charge is 2.25. The Bertz CT molecular complexity index is 312. The molecule has 1 fully saturated rings. The minimum absolute atomic E-state index is 0.0933. The summed E-state index contributed by atoms with van der Waals surface area (Å²) >= 11 is 0. The first kappa shape index (κ1) is 16.7. The molecule has 0 bridgehead atoms. The van der Waals surface area contributed by atoms with Gasteiger partial charge in [0, 0.05) is 26.7 Å². The van der Waals surface area contributed by atoms with Crippen LogP contribution in [0.2, 0.25) is 0 Å². The van der Waals surface area contributed by atoms with Gasteiger partial charge >= 0.3 is 12.0 Å². The first-order chi connectivity index (χ1) is 9.63. The molecule has 2 N–H and O–H groups in total. The van der Waals surface area contributed by atoms with Crippen molar-refractivity contribution in [3.8, 4) is 0 Å². The third-order valence-electron chi connectivity index (χ3n) is 2.78. The van der Waals surface area contributed by atoms with Gasteiger partial charge < -0.3 is 29.5 Å². The maximum absolute atomic E-state index is 11.8. The molecule has 1 unspecified atom stereocenters. The SMILES string of the molecule is COCCOCCNC(=O)N1CCOC(CC(=O)O)C1. The first-order valence-electron chi connectivity index (χ1n) is 6.56. The Hall–Kier alpha value is -1.38. The van der Waals surface area contributed by atoms with Gasteiger partial charge in [-0.3, -0.25) is 4.79 Å². The van der Waals surface area contributed by atoms with Crippen LogP contribution >= 0.6 is 0 Å². The number of carbonyl (C=O) groups excluding carboxylic acids is 1. The van der Waals surface area contributed by atoms with Crippen LogP contribution in [-0.4, -0.2) is 81.3 Å². The van der Waals surface area contributed by atoms with Crippen molar-refractivity contribution in [3.05, 3.63) is 0 Å². The second kappa shape index (κ2) is 9.51. The van der Waals surface area contributed by atoms with E-state index < -0.39 is 12.1 Å². The number of carboxylic acids is 1. The van der Waals surface area contributed by atoms with Crippen molar-refractivity contribution >= 4 is 12.0 Å². The molecule has 0 aromatic rings. The van der Waals surface area contributed by atoms with Gasteiger partial charge in [0.05, 0.1) is 39.0 Å². The van der Waals surface area contributed by atoms with Crippen LogP contribution in [-0.2, 0) is 19.0 Å². The molecule has 1 rings (SSSR count). The predicted molar refractivity (Wildman–Crippen MR) is 69.7 cm³/mol.